The van der Waals surface area contributed by atoms with Crippen molar-refractivity contribution in [3.05, 3.63) is 0 Å². The third kappa shape index (κ3) is 19.8. The molecule has 0 rings (SSSR count). The van der Waals surface area contributed by atoms with Crippen molar-refractivity contribution in [2.45, 2.75) is 0 Å². The molecule has 0 aliphatic carbocycles. The van der Waals surface area contributed by atoms with Crippen LogP contribution in [0.4, 0.5) is 0 Å². The molecule has 15 heteroatoms. The number of nitrogens with zero attached hydrogens (tertiary/aromatic N) is 3. The van der Waals surface area contributed by atoms with Crippen LogP contribution in [0, 0.1) is 0 Å². The number of rotatable bonds is 16. The molecule has 0 aromatic rings. The minimum Gasteiger partial charge on any atom is -0.549 e. The Morgan fingerprint density at radius 2 is 0.655 bits per heavy atom. The van der Waals surface area contributed by atoms with Gasteiger partial charge in [-0.1, -0.05) is 0 Å². The molecule has 0 aromatic heterocycles. The largest absolute Gasteiger partial charge is 6.00 e. The third-order valence-corrected chi connectivity index (χ3v) is 3.23. The smallest absolute Gasteiger partial charge is 0.549 e. The maximum atomic E-state index is 10.8. The Hall–Kier alpha value is -1.25. The molecule has 0 amide bonds. The molecule has 0 N–H and O–H groups in total. The summed E-state index contributed by atoms with van der Waals surface area (Å²) in [5.41, 5.74) is 0. The second kappa shape index (κ2) is 17.6. The molecule has 13 nitrogen and oxygen atoms in total. The van der Waals surface area contributed by atoms with Gasteiger partial charge in [0.15, 0.2) is 0 Å². The van der Waals surface area contributed by atoms with E-state index in [1.807, 2.05) is 0 Å². The number of carbonyl (C=O) groups is 5. The first-order valence-electron chi connectivity index (χ1n) is 7.66. The van der Waals surface area contributed by atoms with E-state index in [1.165, 1.54) is 4.90 Å². The predicted molar refractivity (Wildman–Crippen MR) is 75.5 cm³/mol. The normalized spacial score (nSPS) is 10.3. The fraction of sp³-hybridized carbons (Fsp3) is 0.643. The molecule has 0 saturated heterocycles. The summed E-state index contributed by atoms with van der Waals surface area (Å²) in [5.74, 6) is -7.67. The van der Waals surface area contributed by atoms with Crippen molar-refractivity contribution in [2.75, 3.05) is 58.9 Å². The van der Waals surface area contributed by atoms with Gasteiger partial charge in [0.2, 0.25) is 0 Å². The van der Waals surface area contributed by atoms with Crippen molar-refractivity contribution >= 4 is 29.8 Å². The fourth-order valence-corrected chi connectivity index (χ4v) is 2.18. The van der Waals surface area contributed by atoms with Crippen LogP contribution in [0.3, 0.4) is 0 Å². The monoisotopic (exact) mass is 468 g/mol. The zero-order valence-corrected chi connectivity index (χ0v) is 18.7. The third-order valence-electron chi connectivity index (χ3n) is 3.23. The molecule has 0 spiro atoms. The first-order valence-corrected chi connectivity index (χ1v) is 7.66. The van der Waals surface area contributed by atoms with Gasteiger partial charge in [-0.3, -0.25) is 14.7 Å². The van der Waals surface area contributed by atoms with E-state index < -0.39 is 62.6 Å². The Kier molecular flexibility index (Phi) is 19.7. The van der Waals surface area contributed by atoms with Gasteiger partial charge in [-0.15, -0.1) is 0 Å². The summed E-state index contributed by atoms with van der Waals surface area (Å²) in [6, 6.07) is 0. The van der Waals surface area contributed by atoms with Crippen LogP contribution in [0.1, 0.15) is 1.43 Å². The Balaban J connectivity index is -0.00000113. The summed E-state index contributed by atoms with van der Waals surface area (Å²) in [5, 5.41) is 53.3. The van der Waals surface area contributed by atoms with Gasteiger partial charge in [0.1, 0.15) is 0 Å². The maximum Gasteiger partial charge on any atom is 6.00 e. The number of carboxylic acid groups (broad SMARTS) is 5. The van der Waals surface area contributed by atoms with Crippen molar-refractivity contribution in [1.29, 1.82) is 0 Å². The molecule has 0 bridgehead atoms. The summed E-state index contributed by atoms with van der Waals surface area (Å²) in [4.78, 5) is 56.4. The zero-order chi connectivity index (χ0) is 21.0. The first kappa shape index (κ1) is 32.4. The number of hydrogen-bond acceptors (Lipinski definition) is 13. The summed E-state index contributed by atoms with van der Waals surface area (Å²) >= 11 is 0. The Labute approximate surface area is 200 Å². The number of carbonyl (C=O) groups excluding carboxylic acids is 5. The van der Waals surface area contributed by atoms with E-state index in [1.54, 1.807) is 0 Å². The van der Waals surface area contributed by atoms with E-state index in [-0.39, 0.29) is 74.2 Å². The standard InChI is InChI=1S/C14H23N3O10.Fe.Na/c18-10(19)5-15(1-3-16(6-11(20)21)7-12(22)23)2-4-17(8-13(24)25)9-14(26)27;;/h1-9H2,(H,18,19)(H,20,21)(H,22,23)(H,24,25)(H,26,27);;/q;+6;+1/p-4. The summed E-state index contributed by atoms with van der Waals surface area (Å²) < 4.78 is 0. The van der Waals surface area contributed by atoms with E-state index in [4.69, 9.17) is 0 Å². The van der Waals surface area contributed by atoms with Crippen molar-refractivity contribution in [3.63, 3.8) is 0 Å². The average Bonchev–Trinajstić information content (AvgIpc) is 2.46. The van der Waals surface area contributed by atoms with Crippen LogP contribution in [-0.4, -0.2) is 103 Å². The van der Waals surface area contributed by atoms with Crippen LogP contribution < -0.4 is 55.1 Å². The van der Waals surface area contributed by atoms with E-state index >= 15 is 0 Å². The molecular formula is C14H19FeN3NaO10+3. The Bertz CT molecular complexity index is 500. The molecule has 0 atom stereocenters. The SMILES string of the molecule is O=C([O-])CN(CCN(CC(=O)[O-])CC(=O)[O-])CCN(CC(=O)[O-])CC(=O)[O-].[Fe+6].[H+].[Na+]. The van der Waals surface area contributed by atoms with Gasteiger partial charge in [-0.25, -0.2) is 0 Å². The topological polar surface area (TPSA) is 210 Å². The molecule has 0 fully saturated rings. The van der Waals surface area contributed by atoms with Crippen molar-refractivity contribution < 1.29 is 97.6 Å². The van der Waals surface area contributed by atoms with Crippen LogP contribution in [0.5, 0.6) is 0 Å². The summed E-state index contributed by atoms with van der Waals surface area (Å²) in [7, 11) is 0. The number of aliphatic carboxylic acids is 5. The zero-order valence-electron chi connectivity index (χ0n) is 16.6. The van der Waals surface area contributed by atoms with Gasteiger partial charge >= 0.3 is 48.1 Å². The first-order chi connectivity index (χ1) is 12.5. The molecule has 0 unspecified atom stereocenters. The van der Waals surface area contributed by atoms with Crippen LogP contribution in [0.2, 0.25) is 0 Å². The fourth-order valence-electron chi connectivity index (χ4n) is 2.18. The van der Waals surface area contributed by atoms with Gasteiger partial charge in [0, 0.05) is 58.9 Å². The van der Waals surface area contributed by atoms with Crippen molar-refractivity contribution in [1.82, 2.24) is 14.7 Å². The number of carboxylic acids is 5. The molecule has 0 saturated carbocycles. The summed E-state index contributed by atoms with van der Waals surface area (Å²) in [6.45, 7) is -4.16. The van der Waals surface area contributed by atoms with E-state index in [0.29, 0.717) is 0 Å². The second-order valence-electron chi connectivity index (χ2n) is 5.56. The molecule has 0 aromatic carbocycles. The van der Waals surface area contributed by atoms with Crippen LogP contribution in [-0.2, 0) is 41.0 Å². The van der Waals surface area contributed by atoms with E-state index in [9.17, 15) is 49.5 Å². The molecule has 0 heterocycles. The van der Waals surface area contributed by atoms with Crippen molar-refractivity contribution in [2.24, 2.45) is 0 Å². The molecule has 0 aliphatic rings. The molecule has 156 valence electrons. The average molecular weight is 468 g/mol. The molecule has 0 aliphatic heterocycles. The van der Waals surface area contributed by atoms with Gasteiger partial charge < -0.3 is 49.5 Å². The Morgan fingerprint density at radius 1 is 0.483 bits per heavy atom. The van der Waals surface area contributed by atoms with Crippen LogP contribution in [0.25, 0.3) is 0 Å². The minimum absolute atomic E-state index is 0. The quantitative estimate of drug-likeness (QED) is 0.193. The molecule has 29 heavy (non-hydrogen) atoms. The van der Waals surface area contributed by atoms with Gasteiger partial charge in [-0.05, 0) is 0 Å². The maximum absolute atomic E-state index is 10.8. The van der Waals surface area contributed by atoms with Crippen LogP contribution >= 0.6 is 0 Å². The van der Waals surface area contributed by atoms with Crippen molar-refractivity contribution in [3.8, 4) is 0 Å². The van der Waals surface area contributed by atoms with Gasteiger partial charge in [-0.2, -0.15) is 0 Å². The summed E-state index contributed by atoms with van der Waals surface area (Å²) in [6.07, 6.45) is 0. The number of hydrogen-bond donors (Lipinski definition) is 0. The molecular weight excluding hydrogens is 449 g/mol. The van der Waals surface area contributed by atoms with E-state index in [2.05, 4.69) is 0 Å². The second-order valence-corrected chi connectivity index (χ2v) is 5.56. The molecule has 0 radical (unpaired) electrons. The predicted octanol–water partition coefficient (Wildman–Crippen LogP) is -12.2. The van der Waals surface area contributed by atoms with Gasteiger partial charge in [0.25, 0.3) is 0 Å². The van der Waals surface area contributed by atoms with Crippen LogP contribution in [0.15, 0.2) is 0 Å². The van der Waals surface area contributed by atoms with E-state index in [0.717, 1.165) is 9.80 Å². The van der Waals surface area contributed by atoms with Gasteiger partial charge in [0.05, 0.1) is 29.8 Å². The minimum atomic E-state index is -1.54. The Morgan fingerprint density at radius 3 is 0.862 bits per heavy atom.